The zero-order valence-electron chi connectivity index (χ0n) is 8.43. The summed E-state index contributed by atoms with van der Waals surface area (Å²) in [5.74, 6) is 0.562. The number of halogens is 1. The first-order valence-corrected chi connectivity index (χ1v) is 6.67. The molecule has 2 aliphatic carbocycles. The van der Waals surface area contributed by atoms with Crippen LogP contribution in [-0.2, 0) is 9.53 Å². The molecule has 0 aliphatic heterocycles. The van der Waals surface area contributed by atoms with Gasteiger partial charge in [-0.3, -0.25) is 4.79 Å². The molecule has 0 heterocycles. The van der Waals surface area contributed by atoms with Gasteiger partial charge in [0.15, 0.2) is 0 Å². The third kappa shape index (κ3) is 2.13. The largest absolute Gasteiger partial charge is 0.458 e. The number of carbonyl (C=O) groups is 1. The maximum Gasteiger partial charge on any atom is 0.317 e. The molecule has 0 aromatic heterocycles. The fourth-order valence-electron chi connectivity index (χ4n) is 2.60. The molecular formula is C11H17BrO2. The molecule has 2 saturated carbocycles. The summed E-state index contributed by atoms with van der Waals surface area (Å²) in [4.78, 5) is 11.2. The Morgan fingerprint density at radius 3 is 2.43 bits per heavy atom. The first-order chi connectivity index (χ1) is 6.77. The van der Waals surface area contributed by atoms with Gasteiger partial charge in [0, 0.05) is 0 Å². The molecule has 0 bridgehead atoms. The van der Waals surface area contributed by atoms with Gasteiger partial charge in [0.05, 0.1) is 0 Å². The van der Waals surface area contributed by atoms with Crippen molar-refractivity contribution in [1.29, 1.82) is 0 Å². The highest BCUT2D eigenvalue weighted by atomic mass is 79.9. The lowest BCUT2D eigenvalue weighted by Crippen LogP contribution is -2.30. The topological polar surface area (TPSA) is 26.3 Å². The lowest BCUT2D eigenvalue weighted by molar-refractivity contribution is -0.152. The first kappa shape index (κ1) is 10.5. The fraction of sp³-hybridized carbons (Fsp3) is 0.909. The van der Waals surface area contributed by atoms with Gasteiger partial charge in [-0.2, -0.15) is 0 Å². The molecule has 2 aliphatic rings. The summed E-state index contributed by atoms with van der Waals surface area (Å²) in [7, 11) is 0. The predicted molar refractivity (Wildman–Crippen MR) is 58.4 cm³/mol. The molecule has 0 N–H and O–H groups in total. The lowest BCUT2D eigenvalue weighted by atomic mass is 9.83. The van der Waals surface area contributed by atoms with Crippen molar-refractivity contribution >= 4 is 21.9 Å². The number of ether oxygens (including phenoxy) is 1. The highest BCUT2D eigenvalue weighted by molar-refractivity contribution is 9.09. The van der Waals surface area contributed by atoms with Gasteiger partial charge in [-0.05, 0) is 31.6 Å². The van der Waals surface area contributed by atoms with Gasteiger partial charge in [-0.1, -0.05) is 35.2 Å². The molecule has 2 nitrogen and oxygen atoms in total. The maximum absolute atomic E-state index is 11.2. The molecule has 3 heteroatoms. The molecule has 0 saturated heterocycles. The average molecular weight is 261 g/mol. The number of hydrogen-bond donors (Lipinski definition) is 0. The van der Waals surface area contributed by atoms with Gasteiger partial charge in [-0.15, -0.1) is 0 Å². The van der Waals surface area contributed by atoms with E-state index in [0.717, 1.165) is 12.8 Å². The SMILES string of the molecule is O=C(CBr)OC1(C2CCCCC2)CC1. The number of alkyl halides is 1. The van der Waals surface area contributed by atoms with E-state index in [4.69, 9.17) is 4.74 Å². The van der Waals surface area contributed by atoms with E-state index in [1.807, 2.05) is 0 Å². The lowest BCUT2D eigenvalue weighted by Gasteiger charge is -2.29. The van der Waals surface area contributed by atoms with Crippen molar-refractivity contribution in [3.63, 3.8) is 0 Å². The van der Waals surface area contributed by atoms with E-state index in [1.165, 1.54) is 32.1 Å². The minimum Gasteiger partial charge on any atom is -0.458 e. The molecule has 0 spiro atoms. The summed E-state index contributed by atoms with van der Waals surface area (Å²) in [6.45, 7) is 0. The predicted octanol–water partition coefficient (Wildman–Crippen LogP) is 3.04. The number of hydrogen-bond acceptors (Lipinski definition) is 2. The van der Waals surface area contributed by atoms with Crippen LogP contribution in [0.5, 0.6) is 0 Å². The van der Waals surface area contributed by atoms with Crippen molar-refractivity contribution in [3.05, 3.63) is 0 Å². The monoisotopic (exact) mass is 260 g/mol. The Bertz CT molecular complexity index is 217. The summed E-state index contributed by atoms with van der Waals surface area (Å²) >= 11 is 3.14. The molecule has 2 fully saturated rings. The van der Waals surface area contributed by atoms with E-state index in [9.17, 15) is 4.79 Å². The second-order valence-corrected chi connectivity index (χ2v) is 5.07. The second kappa shape index (κ2) is 4.21. The zero-order chi connectivity index (χ0) is 10.0. The van der Waals surface area contributed by atoms with Crippen molar-refractivity contribution in [3.8, 4) is 0 Å². The highest BCUT2D eigenvalue weighted by Crippen LogP contribution is 2.51. The molecule has 0 radical (unpaired) electrons. The van der Waals surface area contributed by atoms with Crippen LogP contribution in [0.3, 0.4) is 0 Å². The molecule has 14 heavy (non-hydrogen) atoms. The van der Waals surface area contributed by atoms with Crippen LogP contribution in [0, 0.1) is 5.92 Å². The quantitative estimate of drug-likeness (QED) is 0.576. The summed E-state index contributed by atoms with van der Waals surface area (Å²) < 4.78 is 5.55. The van der Waals surface area contributed by atoms with E-state index < -0.39 is 0 Å². The van der Waals surface area contributed by atoms with E-state index in [-0.39, 0.29) is 11.6 Å². The molecule has 0 atom stereocenters. The van der Waals surface area contributed by atoms with Gasteiger partial charge in [-0.25, -0.2) is 0 Å². The fourth-order valence-corrected chi connectivity index (χ4v) is 2.71. The van der Waals surface area contributed by atoms with E-state index >= 15 is 0 Å². The Labute approximate surface area is 93.5 Å². The zero-order valence-corrected chi connectivity index (χ0v) is 10.0. The standard InChI is InChI=1S/C11H17BrO2/c12-8-10(13)14-11(6-7-11)9-4-2-1-3-5-9/h9H,1-8H2. The molecule has 80 valence electrons. The van der Waals surface area contributed by atoms with Gasteiger partial charge in [0.1, 0.15) is 10.9 Å². The summed E-state index contributed by atoms with van der Waals surface area (Å²) in [5.41, 5.74) is -0.0364. The van der Waals surface area contributed by atoms with Crippen molar-refractivity contribution in [1.82, 2.24) is 0 Å². The summed E-state index contributed by atoms with van der Waals surface area (Å²) in [5, 5.41) is 0.335. The first-order valence-electron chi connectivity index (χ1n) is 5.55. The minimum atomic E-state index is -0.0897. The Balaban J connectivity index is 1.90. The van der Waals surface area contributed by atoms with Gasteiger partial charge < -0.3 is 4.74 Å². The van der Waals surface area contributed by atoms with E-state index in [0.29, 0.717) is 11.2 Å². The Morgan fingerprint density at radius 2 is 1.93 bits per heavy atom. The van der Waals surface area contributed by atoms with Crippen LogP contribution < -0.4 is 0 Å². The second-order valence-electron chi connectivity index (χ2n) is 4.51. The third-order valence-corrected chi connectivity index (χ3v) is 3.98. The Hall–Kier alpha value is -0.0500. The van der Waals surface area contributed by atoms with E-state index in [1.54, 1.807) is 0 Å². The van der Waals surface area contributed by atoms with Crippen molar-refractivity contribution < 1.29 is 9.53 Å². The Morgan fingerprint density at radius 1 is 1.29 bits per heavy atom. The number of carbonyl (C=O) groups excluding carboxylic acids is 1. The average Bonchev–Trinajstić information content (AvgIpc) is 3.00. The summed E-state index contributed by atoms with van der Waals surface area (Å²) in [6.07, 6.45) is 8.70. The molecule has 2 rings (SSSR count). The van der Waals surface area contributed by atoms with Crippen molar-refractivity contribution in [2.45, 2.75) is 50.5 Å². The van der Waals surface area contributed by atoms with Gasteiger partial charge in [0.25, 0.3) is 0 Å². The molecule has 0 aromatic carbocycles. The van der Waals surface area contributed by atoms with Crippen LogP contribution in [0.2, 0.25) is 0 Å². The van der Waals surface area contributed by atoms with E-state index in [2.05, 4.69) is 15.9 Å². The smallest absolute Gasteiger partial charge is 0.317 e. The van der Waals surface area contributed by atoms with Gasteiger partial charge >= 0.3 is 5.97 Å². The third-order valence-electron chi connectivity index (χ3n) is 3.52. The van der Waals surface area contributed by atoms with Crippen LogP contribution in [0.1, 0.15) is 44.9 Å². The van der Waals surface area contributed by atoms with Crippen molar-refractivity contribution in [2.24, 2.45) is 5.92 Å². The number of esters is 1. The van der Waals surface area contributed by atoms with Crippen LogP contribution >= 0.6 is 15.9 Å². The molecule has 0 amide bonds. The van der Waals surface area contributed by atoms with Crippen molar-refractivity contribution in [2.75, 3.05) is 5.33 Å². The molecule has 0 aromatic rings. The molecular weight excluding hydrogens is 244 g/mol. The van der Waals surface area contributed by atoms with Crippen LogP contribution in [0.25, 0.3) is 0 Å². The van der Waals surface area contributed by atoms with Crippen LogP contribution in [-0.4, -0.2) is 16.9 Å². The molecule has 0 unspecified atom stereocenters. The highest BCUT2D eigenvalue weighted by Gasteiger charge is 2.52. The maximum atomic E-state index is 11.2. The summed E-state index contributed by atoms with van der Waals surface area (Å²) in [6, 6.07) is 0. The minimum absolute atomic E-state index is 0.0364. The van der Waals surface area contributed by atoms with Crippen LogP contribution in [0.4, 0.5) is 0 Å². The Kier molecular flexibility index (Phi) is 3.15. The van der Waals surface area contributed by atoms with Crippen LogP contribution in [0.15, 0.2) is 0 Å². The normalized spacial score (nSPS) is 25.8. The van der Waals surface area contributed by atoms with Gasteiger partial charge in [0.2, 0.25) is 0 Å². The number of rotatable bonds is 3.